The standard InChI is InChI=1S/C17H23N3OS/c1-12-5-3-4-6-14(12)16-10-20(7-8-21-16)15(9-18)17-13(2)19-11-22-17/h3-6,11,15-16H,7-10,18H2,1-2H3. The Hall–Kier alpha value is -1.27. The third-order valence-corrected chi connectivity index (χ3v) is 5.41. The van der Waals surface area contributed by atoms with Crippen molar-refractivity contribution in [3.05, 3.63) is 51.5 Å². The molecular formula is C17H23N3OS. The van der Waals surface area contributed by atoms with Crippen LogP contribution in [0.4, 0.5) is 0 Å². The summed E-state index contributed by atoms with van der Waals surface area (Å²) < 4.78 is 6.02. The molecule has 1 fully saturated rings. The Kier molecular flexibility index (Phi) is 4.88. The molecule has 22 heavy (non-hydrogen) atoms. The molecule has 1 aliphatic rings. The molecule has 5 heteroatoms. The molecule has 3 rings (SSSR count). The Morgan fingerprint density at radius 2 is 2.23 bits per heavy atom. The van der Waals surface area contributed by atoms with Gasteiger partial charge in [0, 0.05) is 24.5 Å². The molecule has 2 N–H and O–H groups in total. The van der Waals surface area contributed by atoms with E-state index in [1.54, 1.807) is 11.3 Å². The highest BCUT2D eigenvalue weighted by Crippen LogP contribution is 2.32. The van der Waals surface area contributed by atoms with Crippen LogP contribution in [0.1, 0.15) is 33.8 Å². The van der Waals surface area contributed by atoms with E-state index in [1.807, 2.05) is 5.51 Å². The lowest BCUT2D eigenvalue weighted by Crippen LogP contribution is -2.43. The predicted molar refractivity (Wildman–Crippen MR) is 90.1 cm³/mol. The van der Waals surface area contributed by atoms with E-state index in [0.29, 0.717) is 6.54 Å². The molecule has 0 radical (unpaired) electrons. The van der Waals surface area contributed by atoms with E-state index in [2.05, 4.69) is 48.0 Å². The fraction of sp³-hybridized carbons (Fsp3) is 0.471. The molecule has 0 amide bonds. The number of thiazole rings is 1. The number of benzene rings is 1. The van der Waals surface area contributed by atoms with Crippen molar-refractivity contribution in [1.82, 2.24) is 9.88 Å². The second-order valence-corrected chi connectivity index (χ2v) is 6.65. The summed E-state index contributed by atoms with van der Waals surface area (Å²) in [5.41, 5.74) is 11.6. The molecule has 0 aliphatic carbocycles. The van der Waals surface area contributed by atoms with Crippen molar-refractivity contribution in [3.8, 4) is 0 Å². The molecule has 1 aromatic heterocycles. The van der Waals surface area contributed by atoms with Crippen LogP contribution in [0.5, 0.6) is 0 Å². The van der Waals surface area contributed by atoms with Gasteiger partial charge in [-0.25, -0.2) is 4.98 Å². The van der Waals surface area contributed by atoms with Crippen LogP contribution in [0.25, 0.3) is 0 Å². The van der Waals surface area contributed by atoms with Gasteiger partial charge in [0.1, 0.15) is 0 Å². The summed E-state index contributed by atoms with van der Waals surface area (Å²) in [4.78, 5) is 8.11. The van der Waals surface area contributed by atoms with Gasteiger partial charge >= 0.3 is 0 Å². The Bertz CT molecular complexity index is 628. The lowest BCUT2D eigenvalue weighted by Gasteiger charge is -2.38. The van der Waals surface area contributed by atoms with Crippen LogP contribution in [0, 0.1) is 13.8 Å². The first kappa shape index (κ1) is 15.6. The van der Waals surface area contributed by atoms with E-state index in [-0.39, 0.29) is 12.1 Å². The first-order valence-electron chi connectivity index (χ1n) is 7.72. The minimum Gasteiger partial charge on any atom is -0.371 e. The Balaban J connectivity index is 1.80. The Morgan fingerprint density at radius 3 is 2.91 bits per heavy atom. The maximum Gasteiger partial charge on any atom is 0.0955 e. The number of nitrogens with zero attached hydrogens (tertiary/aromatic N) is 2. The van der Waals surface area contributed by atoms with Crippen LogP contribution in [0.15, 0.2) is 29.8 Å². The average molecular weight is 317 g/mol. The van der Waals surface area contributed by atoms with Gasteiger partial charge in [-0.2, -0.15) is 0 Å². The van der Waals surface area contributed by atoms with Crippen LogP contribution in [0.2, 0.25) is 0 Å². The molecule has 2 atom stereocenters. The summed E-state index contributed by atoms with van der Waals surface area (Å²) >= 11 is 1.70. The second kappa shape index (κ2) is 6.87. The molecule has 1 aromatic carbocycles. The topological polar surface area (TPSA) is 51.4 Å². The predicted octanol–water partition coefficient (Wildman–Crippen LogP) is 2.83. The number of ether oxygens (including phenoxy) is 1. The molecule has 4 nitrogen and oxygen atoms in total. The molecule has 1 saturated heterocycles. The summed E-state index contributed by atoms with van der Waals surface area (Å²) in [5, 5.41) is 0. The summed E-state index contributed by atoms with van der Waals surface area (Å²) in [6.45, 7) is 7.36. The maximum absolute atomic E-state index is 6.07. The average Bonchev–Trinajstić information content (AvgIpc) is 2.95. The first-order valence-corrected chi connectivity index (χ1v) is 8.60. The largest absolute Gasteiger partial charge is 0.371 e. The van der Waals surface area contributed by atoms with Gasteiger partial charge in [-0.3, -0.25) is 4.90 Å². The minimum atomic E-state index is 0.122. The summed E-state index contributed by atoms with van der Waals surface area (Å²) in [6, 6.07) is 8.70. The SMILES string of the molecule is Cc1ccccc1C1CN(C(CN)c2scnc2C)CCO1. The van der Waals surface area contributed by atoms with Gasteiger partial charge in [-0.15, -0.1) is 11.3 Å². The zero-order chi connectivity index (χ0) is 15.5. The lowest BCUT2D eigenvalue weighted by molar-refractivity contribution is -0.0442. The van der Waals surface area contributed by atoms with E-state index in [4.69, 9.17) is 10.5 Å². The van der Waals surface area contributed by atoms with Gasteiger partial charge < -0.3 is 10.5 Å². The highest BCUT2D eigenvalue weighted by molar-refractivity contribution is 7.09. The van der Waals surface area contributed by atoms with Crippen molar-refractivity contribution in [3.63, 3.8) is 0 Å². The highest BCUT2D eigenvalue weighted by Gasteiger charge is 2.29. The Morgan fingerprint density at radius 1 is 1.41 bits per heavy atom. The van der Waals surface area contributed by atoms with Gasteiger partial charge in [0.25, 0.3) is 0 Å². The van der Waals surface area contributed by atoms with Crippen molar-refractivity contribution in [2.75, 3.05) is 26.2 Å². The molecule has 1 aliphatic heterocycles. The van der Waals surface area contributed by atoms with E-state index >= 15 is 0 Å². The zero-order valence-electron chi connectivity index (χ0n) is 13.2. The smallest absolute Gasteiger partial charge is 0.0955 e. The number of hydrogen-bond acceptors (Lipinski definition) is 5. The number of aryl methyl sites for hydroxylation is 2. The summed E-state index contributed by atoms with van der Waals surface area (Å²) in [7, 11) is 0. The molecule has 0 bridgehead atoms. The fourth-order valence-corrected chi connectivity index (χ4v) is 4.09. The lowest BCUT2D eigenvalue weighted by atomic mass is 10.0. The number of aromatic nitrogens is 1. The second-order valence-electron chi connectivity index (χ2n) is 5.76. The van der Waals surface area contributed by atoms with Gasteiger partial charge in [0.2, 0.25) is 0 Å². The third kappa shape index (κ3) is 3.08. The van der Waals surface area contributed by atoms with Crippen LogP contribution < -0.4 is 5.73 Å². The molecule has 2 unspecified atom stereocenters. The van der Waals surface area contributed by atoms with Crippen LogP contribution >= 0.6 is 11.3 Å². The van der Waals surface area contributed by atoms with Crippen LogP contribution in [-0.2, 0) is 4.74 Å². The maximum atomic E-state index is 6.07. The normalized spacial score (nSPS) is 21.0. The van der Waals surface area contributed by atoms with Gasteiger partial charge in [-0.1, -0.05) is 24.3 Å². The van der Waals surface area contributed by atoms with Crippen molar-refractivity contribution in [2.24, 2.45) is 5.73 Å². The summed E-state index contributed by atoms with van der Waals surface area (Å²) in [5.74, 6) is 0. The van der Waals surface area contributed by atoms with Crippen LogP contribution in [-0.4, -0.2) is 36.1 Å². The van der Waals surface area contributed by atoms with E-state index in [0.717, 1.165) is 25.4 Å². The van der Waals surface area contributed by atoms with E-state index < -0.39 is 0 Å². The van der Waals surface area contributed by atoms with Gasteiger partial charge in [0.05, 0.1) is 30.0 Å². The molecule has 2 aromatic rings. The fourth-order valence-electron chi connectivity index (χ4n) is 3.14. The number of rotatable bonds is 4. The quantitative estimate of drug-likeness (QED) is 0.942. The van der Waals surface area contributed by atoms with Crippen molar-refractivity contribution >= 4 is 11.3 Å². The summed E-state index contributed by atoms with van der Waals surface area (Å²) in [6.07, 6.45) is 0.122. The van der Waals surface area contributed by atoms with Crippen molar-refractivity contribution < 1.29 is 4.74 Å². The van der Waals surface area contributed by atoms with Crippen molar-refractivity contribution in [1.29, 1.82) is 0 Å². The molecule has 2 heterocycles. The third-order valence-electron chi connectivity index (χ3n) is 4.38. The minimum absolute atomic E-state index is 0.122. The van der Waals surface area contributed by atoms with E-state index in [1.165, 1.54) is 16.0 Å². The number of hydrogen-bond donors (Lipinski definition) is 1. The zero-order valence-corrected chi connectivity index (χ0v) is 14.0. The number of nitrogens with two attached hydrogens (primary N) is 1. The highest BCUT2D eigenvalue weighted by atomic mass is 32.1. The Labute approximate surface area is 135 Å². The van der Waals surface area contributed by atoms with Crippen molar-refractivity contribution in [2.45, 2.75) is 26.0 Å². The van der Waals surface area contributed by atoms with Gasteiger partial charge in [-0.05, 0) is 25.0 Å². The first-order chi connectivity index (χ1) is 10.7. The van der Waals surface area contributed by atoms with Crippen LogP contribution in [0.3, 0.4) is 0 Å². The monoisotopic (exact) mass is 317 g/mol. The van der Waals surface area contributed by atoms with Gasteiger partial charge in [0.15, 0.2) is 0 Å². The number of morpholine rings is 1. The molecule has 0 spiro atoms. The molecule has 0 saturated carbocycles. The molecule has 118 valence electrons. The van der Waals surface area contributed by atoms with E-state index in [9.17, 15) is 0 Å². The molecular weight excluding hydrogens is 294 g/mol.